The Morgan fingerprint density at radius 3 is 2.31 bits per heavy atom. The first kappa shape index (κ1) is 22.7. The number of ketones is 1. The molecule has 1 fully saturated rings. The van der Waals surface area contributed by atoms with E-state index in [0.717, 1.165) is 35.0 Å². The van der Waals surface area contributed by atoms with Crippen molar-refractivity contribution < 1.29 is 14.0 Å². The van der Waals surface area contributed by atoms with E-state index in [-0.39, 0.29) is 17.3 Å². The largest absolute Gasteiger partial charge is 0.421 e. The van der Waals surface area contributed by atoms with E-state index in [9.17, 15) is 14.4 Å². The molecule has 0 spiro atoms. The van der Waals surface area contributed by atoms with Crippen LogP contribution in [-0.4, -0.2) is 54.7 Å². The Morgan fingerprint density at radius 2 is 1.60 bits per heavy atom. The Hall–Kier alpha value is -4.03. The van der Waals surface area contributed by atoms with Gasteiger partial charge in [0.25, 0.3) is 5.91 Å². The van der Waals surface area contributed by atoms with Crippen LogP contribution in [-0.2, 0) is 0 Å². The number of carbonyl (C=O) groups is 2. The SMILES string of the molecule is Cc1ccc(C(=O)/C=C/c2cc3cc(C(=O)N4CCN(C)CC4)c(=O)oc3c3ccccc23)cc1. The summed E-state index contributed by atoms with van der Waals surface area (Å²) < 4.78 is 5.70. The fourth-order valence-electron chi connectivity index (χ4n) is 4.43. The highest BCUT2D eigenvalue weighted by molar-refractivity contribution is 6.12. The van der Waals surface area contributed by atoms with E-state index >= 15 is 0 Å². The van der Waals surface area contributed by atoms with Crippen molar-refractivity contribution in [2.24, 2.45) is 0 Å². The maximum Gasteiger partial charge on any atom is 0.349 e. The Balaban J connectivity index is 1.57. The van der Waals surface area contributed by atoms with E-state index in [1.54, 1.807) is 23.1 Å². The van der Waals surface area contributed by atoms with Gasteiger partial charge in [0.15, 0.2) is 5.78 Å². The molecule has 0 radical (unpaired) electrons. The molecule has 35 heavy (non-hydrogen) atoms. The number of allylic oxidation sites excluding steroid dienone is 1. The smallest absolute Gasteiger partial charge is 0.349 e. The Kier molecular flexibility index (Phi) is 6.05. The molecule has 0 N–H and O–H groups in total. The summed E-state index contributed by atoms with van der Waals surface area (Å²) in [5.41, 5.74) is 2.34. The number of fused-ring (bicyclic) bond motifs is 3. The third kappa shape index (κ3) is 4.53. The lowest BCUT2D eigenvalue weighted by Crippen LogP contribution is -2.48. The van der Waals surface area contributed by atoms with Crippen LogP contribution >= 0.6 is 0 Å². The minimum Gasteiger partial charge on any atom is -0.421 e. The number of hydrogen-bond donors (Lipinski definition) is 0. The summed E-state index contributed by atoms with van der Waals surface area (Å²) in [6.45, 7) is 4.64. The van der Waals surface area contributed by atoms with E-state index in [1.807, 2.05) is 68.6 Å². The van der Waals surface area contributed by atoms with Crippen molar-refractivity contribution >= 4 is 39.5 Å². The average molecular weight is 467 g/mol. The lowest BCUT2D eigenvalue weighted by atomic mass is 9.99. The monoisotopic (exact) mass is 466 g/mol. The van der Waals surface area contributed by atoms with Crippen LogP contribution in [0.3, 0.4) is 0 Å². The molecular weight excluding hydrogens is 440 g/mol. The minimum atomic E-state index is -0.635. The first-order chi connectivity index (χ1) is 16.9. The van der Waals surface area contributed by atoms with Crippen molar-refractivity contribution in [1.82, 2.24) is 9.80 Å². The molecule has 3 aromatic carbocycles. The normalized spacial score (nSPS) is 14.7. The first-order valence-corrected chi connectivity index (χ1v) is 11.7. The molecule has 5 rings (SSSR count). The molecule has 1 aliphatic heterocycles. The van der Waals surface area contributed by atoms with Crippen LogP contribution in [0.1, 0.15) is 31.8 Å². The lowest BCUT2D eigenvalue weighted by molar-refractivity contribution is 0.0660. The highest BCUT2D eigenvalue weighted by Gasteiger charge is 2.24. The molecule has 6 nitrogen and oxygen atoms in total. The van der Waals surface area contributed by atoms with E-state index in [1.165, 1.54) is 0 Å². The van der Waals surface area contributed by atoms with Gasteiger partial charge in [-0.15, -0.1) is 0 Å². The van der Waals surface area contributed by atoms with E-state index in [0.29, 0.717) is 29.6 Å². The third-order valence-corrected chi connectivity index (χ3v) is 6.54. The number of piperazine rings is 1. The number of carbonyl (C=O) groups excluding carboxylic acids is 2. The predicted octanol–water partition coefficient (Wildman–Crippen LogP) is 4.54. The number of amides is 1. The van der Waals surface area contributed by atoms with Gasteiger partial charge in [-0.25, -0.2) is 4.79 Å². The van der Waals surface area contributed by atoms with Crippen molar-refractivity contribution in [3.63, 3.8) is 0 Å². The molecule has 0 bridgehead atoms. The molecule has 1 amide bonds. The Labute approximate surface area is 203 Å². The van der Waals surface area contributed by atoms with Crippen LogP contribution < -0.4 is 5.63 Å². The number of hydrogen-bond acceptors (Lipinski definition) is 5. The third-order valence-electron chi connectivity index (χ3n) is 6.54. The Bertz CT molecular complexity index is 1520. The number of rotatable bonds is 4. The quantitative estimate of drug-likeness (QED) is 0.191. The topological polar surface area (TPSA) is 70.8 Å². The lowest BCUT2D eigenvalue weighted by Gasteiger charge is -2.32. The standard InChI is InChI=1S/C29H26N2O4/c1-19-7-9-20(10-8-19)26(32)12-11-21-17-22-18-25(28(33)31-15-13-30(2)14-16-31)29(34)35-27(22)24-6-4-3-5-23(21)24/h3-12,17-18H,13-16H2,1-2H3/b12-11+. The maximum atomic E-state index is 13.1. The van der Waals surface area contributed by atoms with Gasteiger partial charge in [0.05, 0.1) is 0 Å². The van der Waals surface area contributed by atoms with Crippen LogP contribution in [0.5, 0.6) is 0 Å². The molecule has 2 heterocycles. The average Bonchev–Trinajstić information content (AvgIpc) is 2.87. The van der Waals surface area contributed by atoms with Crippen LogP contribution in [0.2, 0.25) is 0 Å². The zero-order valence-electron chi connectivity index (χ0n) is 19.8. The van der Waals surface area contributed by atoms with Crippen molar-refractivity contribution in [2.75, 3.05) is 33.2 Å². The van der Waals surface area contributed by atoms with Crippen LogP contribution in [0, 0.1) is 6.92 Å². The molecule has 0 saturated carbocycles. The van der Waals surface area contributed by atoms with Gasteiger partial charge in [-0.1, -0.05) is 60.2 Å². The van der Waals surface area contributed by atoms with Gasteiger partial charge in [-0.3, -0.25) is 9.59 Å². The van der Waals surface area contributed by atoms with Gasteiger partial charge in [0.2, 0.25) is 0 Å². The summed E-state index contributed by atoms with van der Waals surface area (Å²) in [6.07, 6.45) is 3.32. The minimum absolute atomic E-state index is 0.0306. The molecule has 1 saturated heterocycles. The van der Waals surface area contributed by atoms with Crippen LogP contribution in [0.4, 0.5) is 0 Å². The second-order valence-electron chi connectivity index (χ2n) is 9.04. The first-order valence-electron chi connectivity index (χ1n) is 11.7. The van der Waals surface area contributed by atoms with E-state index < -0.39 is 5.63 Å². The second-order valence-corrected chi connectivity index (χ2v) is 9.04. The highest BCUT2D eigenvalue weighted by atomic mass is 16.4. The summed E-state index contributed by atoms with van der Waals surface area (Å²) in [5.74, 6) is -0.409. The van der Waals surface area contributed by atoms with Crippen LogP contribution in [0.25, 0.3) is 27.8 Å². The van der Waals surface area contributed by atoms with Gasteiger partial charge in [-0.05, 0) is 43.1 Å². The molecule has 0 aliphatic carbocycles. The summed E-state index contributed by atoms with van der Waals surface area (Å²) in [5, 5.41) is 2.25. The number of nitrogens with zero attached hydrogens (tertiary/aromatic N) is 2. The molecule has 0 unspecified atom stereocenters. The molecular formula is C29H26N2O4. The summed E-state index contributed by atoms with van der Waals surface area (Å²) in [4.78, 5) is 42.5. The molecule has 176 valence electrons. The van der Waals surface area contributed by atoms with Gasteiger partial charge in [0.1, 0.15) is 11.1 Å². The molecule has 6 heteroatoms. The zero-order valence-corrected chi connectivity index (χ0v) is 19.8. The second kappa shape index (κ2) is 9.31. The Morgan fingerprint density at radius 1 is 0.914 bits per heavy atom. The van der Waals surface area contributed by atoms with E-state index in [2.05, 4.69) is 4.90 Å². The van der Waals surface area contributed by atoms with Gasteiger partial charge >= 0.3 is 5.63 Å². The molecule has 1 aliphatic rings. The van der Waals surface area contributed by atoms with Crippen molar-refractivity contribution in [3.05, 3.63) is 99.4 Å². The summed E-state index contributed by atoms with van der Waals surface area (Å²) in [6, 6.07) is 18.5. The van der Waals surface area contributed by atoms with Gasteiger partial charge < -0.3 is 14.2 Å². The highest BCUT2D eigenvalue weighted by Crippen LogP contribution is 2.29. The summed E-state index contributed by atoms with van der Waals surface area (Å²) >= 11 is 0. The van der Waals surface area contributed by atoms with Crippen molar-refractivity contribution in [2.45, 2.75) is 6.92 Å². The molecule has 4 aromatic rings. The van der Waals surface area contributed by atoms with Crippen LogP contribution in [0.15, 0.2) is 76.0 Å². The van der Waals surface area contributed by atoms with E-state index in [4.69, 9.17) is 4.42 Å². The summed E-state index contributed by atoms with van der Waals surface area (Å²) in [7, 11) is 2.01. The number of likely N-dealkylation sites (N-methyl/N-ethyl adjacent to an activating group) is 1. The van der Waals surface area contributed by atoms with Gasteiger partial charge in [0, 0.05) is 42.5 Å². The fraction of sp³-hybridized carbons (Fsp3) is 0.207. The van der Waals surface area contributed by atoms with Crippen molar-refractivity contribution in [3.8, 4) is 0 Å². The maximum absolute atomic E-state index is 13.1. The van der Waals surface area contributed by atoms with Gasteiger partial charge in [-0.2, -0.15) is 0 Å². The molecule has 0 atom stereocenters. The number of aryl methyl sites for hydroxylation is 1. The fourth-order valence-corrected chi connectivity index (χ4v) is 4.43. The predicted molar refractivity (Wildman–Crippen MR) is 138 cm³/mol. The number of benzene rings is 3. The molecule has 1 aromatic heterocycles. The van der Waals surface area contributed by atoms with Crippen molar-refractivity contribution in [1.29, 1.82) is 0 Å². The zero-order chi connectivity index (χ0) is 24.5.